The van der Waals surface area contributed by atoms with Crippen LogP contribution in [0.3, 0.4) is 0 Å². The lowest BCUT2D eigenvalue weighted by atomic mass is 10.1. The van der Waals surface area contributed by atoms with Gasteiger partial charge in [-0.3, -0.25) is 19.5 Å². The number of benzene rings is 2. The van der Waals surface area contributed by atoms with Gasteiger partial charge >= 0.3 is 0 Å². The minimum absolute atomic E-state index is 0.148. The Labute approximate surface area is 182 Å². The lowest BCUT2D eigenvalue weighted by Crippen LogP contribution is -2.47. The maximum atomic E-state index is 13.5. The number of nitrogens with zero attached hydrogens (tertiary/aromatic N) is 2. The summed E-state index contributed by atoms with van der Waals surface area (Å²) in [7, 11) is 3.04. The highest BCUT2D eigenvalue weighted by atomic mass is 16.5. The number of nitrogens with one attached hydrogen (secondary N) is 1. The first-order valence-corrected chi connectivity index (χ1v) is 9.91. The van der Waals surface area contributed by atoms with E-state index >= 15 is 0 Å². The number of methoxy groups -OCH3 is 2. The lowest BCUT2D eigenvalue weighted by molar-refractivity contribution is -0.121. The fraction of sp³-hybridized carbons (Fsp3) is 0.292. The zero-order valence-corrected chi connectivity index (χ0v) is 18.4. The van der Waals surface area contributed by atoms with Crippen molar-refractivity contribution in [3.63, 3.8) is 0 Å². The molecule has 7 heteroatoms. The lowest BCUT2D eigenvalue weighted by Gasteiger charge is -2.26. The van der Waals surface area contributed by atoms with E-state index in [1.54, 1.807) is 24.4 Å². The van der Waals surface area contributed by atoms with Crippen LogP contribution >= 0.6 is 0 Å². The second kappa shape index (κ2) is 9.04. The summed E-state index contributed by atoms with van der Waals surface area (Å²) < 4.78 is 10.6. The smallest absolute Gasteiger partial charge is 0.258 e. The van der Waals surface area contributed by atoms with Gasteiger partial charge in [-0.2, -0.15) is 0 Å². The van der Waals surface area contributed by atoms with Crippen LogP contribution < -0.4 is 19.7 Å². The van der Waals surface area contributed by atoms with Gasteiger partial charge in [0.2, 0.25) is 5.91 Å². The average Bonchev–Trinajstić information content (AvgIpc) is 2.75. The molecule has 0 saturated carbocycles. The summed E-state index contributed by atoms with van der Waals surface area (Å²) in [6.45, 7) is 5.53. The molecule has 0 fully saturated rings. The van der Waals surface area contributed by atoms with Crippen molar-refractivity contribution in [2.75, 3.05) is 25.7 Å². The van der Waals surface area contributed by atoms with Crippen LogP contribution in [0.15, 0.2) is 54.7 Å². The number of ether oxygens (including phenoxy) is 2. The minimum atomic E-state index is -0.420. The first kappa shape index (κ1) is 22.1. The Morgan fingerprint density at radius 1 is 1.00 bits per heavy atom. The summed E-state index contributed by atoms with van der Waals surface area (Å²) in [5.74, 6) is 0.337. The molecule has 0 aliphatic rings. The average molecular weight is 421 g/mol. The van der Waals surface area contributed by atoms with Crippen molar-refractivity contribution in [3.05, 3.63) is 60.3 Å². The molecule has 0 saturated heterocycles. The Kier molecular flexibility index (Phi) is 6.44. The Bertz CT molecular complexity index is 1110. The van der Waals surface area contributed by atoms with Gasteiger partial charge in [-0.15, -0.1) is 0 Å². The number of para-hydroxylation sites is 1. The van der Waals surface area contributed by atoms with Crippen LogP contribution in [-0.4, -0.2) is 43.1 Å². The van der Waals surface area contributed by atoms with Crippen LogP contribution in [-0.2, 0) is 4.79 Å². The van der Waals surface area contributed by atoms with Gasteiger partial charge in [0.1, 0.15) is 6.54 Å². The second-order valence-electron chi connectivity index (χ2n) is 8.15. The molecule has 2 aromatic carbocycles. The van der Waals surface area contributed by atoms with E-state index in [4.69, 9.17) is 9.47 Å². The number of anilines is 1. The van der Waals surface area contributed by atoms with E-state index in [0.717, 1.165) is 10.9 Å². The molecule has 1 N–H and O–H groups in total. The molecule has 162 valence electrons. The van der Waals surface area contributed by atoms with Crippen molar-refractivity contribution < 1.29 is 19.1 Å². The van der Waals surface area contributed by atoms with Crippen molar-refractivity contribution in [2.24, 2.45) is 0 Å². The molecule has 7 nitrogen and oxygen atoms in total. The van der Waals surface area contributed by atoms with Crippen LogP contribution in [0.5, 0.6) is 11.5 Å². The summed E-state index contributed by atoms with van der Waals surface area (Å²) in [5, 5.41) is 3.78. The number of rotatable bonds is 6. The maximum absolute atomic E-state index is 13.5. The summed E-state index contributed by atoms with van der Waals surface area (Å²) in [6.07, 6.45) is 1.60. The van der Waals surface area contributed by atoms with Gasteiger partial charge < -0.3 is 14.8 Å². The van der Waals surface area contributed by atoms with Crippen molar-refractivity contribution in [1.29, 1.82) is 0 Å². The molecule has 0 aliphatic carbocycles. The van der Waals surface area contributed by atoms with E-state index in [-0.39, 0.29) is 18.4 Å². The molecule has 0 bridgehead atoms. The van der Waals surface area contributed by atoms with E-state index in [9.17, 15) is 9.59 Å². The van der Waals surface area contributed by atoms with Gasteiger partial charge in [-0.05, 0) is 51.1 Å². The van der Waals surface area contributed by atoms with E-state index in [1.165, 1.54) is 19.1 Å². The van der Waals surface area contributed by atoms with E-state index in [1.807, 2.05) is 51.1 Å². The van der Waals surface area contributed by atoms with Gasteiger partial charge in [-0.1, -0.05) is 18.2 Å². The van der Waals surface area contributed by atoms with Crippen LogP contribution in [0, 0.1) is 0 Å². The van der Waals surface area contributed by atoms with Crippen LogP contribution in [0.1, 0.15) is 31.1 Å². The van der Waals surface area contributed by atoms with Gasteiger partial charge in [0.15, 0.2) is 11.5 Å². The summed E-state index contributed by atoms with van der Waals surface area (Å²) in [5.41, 5.74) is 1.29. The third kappa shape index (κ3) is 5.31. The summed E-state index contributed by atoms with van der Waals surface area (Å²) in [4.78, 5) is 32.0. The van der Waals surface area contributed by atoms with Gasteiger partial charge in [0.25, 0.3) is 5.91 Å². The number of hydrogen-bond acceptors (Lipinski definition) is 5. The number of carbonyl (C=O) groups excluding carboxylic acids is 2. The molecule has 3 aromatic rings. The van der Waals surface area contributed by atoms with Gasteiger partial charge in [-0.25, -0.2) is 0 Å². The zero-order valence-electron chi connectivity index (χ0n) is 18.4. The first-order valence-electron chi connectivity index (χ1n) is 9.91. The molecule has 0 spiro atoms. The predicted molar refractivity (Wildman–Crippen MR) is 121 cm³/mol. The van der Waals surface area contributed by atoms with Crippen molar-refractivity contribution in [1.82, 2.24) is 10.3 Å². The molecule has 31 heavy (non-hydrogen) atoms. The van der Waals surface area contributed by atoms with Crippen molar-refractivity contribution >= 4 is 28.4 Å². The molecule has 0 atom stereocenters. The molecular weight excluding hydrogens is 394 g/mol. The highest BCUT2D eigenvalue weighted by Gasteiger charge is 2.24. The normalized spacial score (nSPS) is 11.1. The highest BCUT2D eigenvalue weighted by Crippen LogP contribution is 2.29. The topological polar surface area (TPSA) is 80.8 Å². The Morgan fingerprint density at radius 3 is 2.39 bits per heavy atom. The maximum Gasteiger partial charge on any atom is 0.258 e. The highest BCUT2D eigenvalue weighted by molar-refractivity contribution is 6.09. The van der Waals surface area contributed by atoms with Crippen LogP contribution in [0.25, 0.3) is 10.9 Å². The van der Waals surface area contributed by atoms with Crippen LogP contribution in [0.2, 0.25) is 0 Å². The number of amides is 2. The van der Waals surface area contributed by atoms with Crippen molar-refractivity contribution in [3.8, 4) is 11.5 Å². The summed E-state index contributed by atoms with van der Waals surface area (Å²) in [6, 6.07) is 14.4. The monoisotopic (exact) mass is 421 g/mol. The fourth-order valence-corrected chi connectivity index (χ4v) is 3.21. The number of fused-ring (bicyclic) bond motifs is 1. The Morgan fingerprint density at radius 2 is 1.71 bits per heavy atom. The van der Waals surface area contributed by atoms with E-state index in [0.29, 0.717) is 22.7 Å². The quantitative estimate of drug-likeness (QED) is 0.655. The third-order valence-electron chi connectivity index (χ3n) is 4.58. The molecule has 1 heterocycles. The Hall–Kier alpha value is -3.61. The van der Waals surface area contributed by atoms with Gasteiger partial charge in [0.05, 0.1) is 31.6 Å². The van der Waals surface area contributed by atoms with E-state index < -0.39 is 5.54 Å². The molecule has 2 amide bonds. The minimum Gasteiger partial charge on any atom is -0.493 e. The zero-order chi connectivity index (χ0) is 22.6. The molecule has 0 aliphatic heterocycles. The summed E-state index contributed by atoms with van der Waals surface area (Å²) >= 11 is 0. The number of pyridine rings is 1. The molecule has 0 radical (unpaired) electrons. The van der Waals surface area contributed by atoms with Crippen molar-refractivity contribution in [2.45, 2.75) is 26.3 Å². The Balaban J connectivity index is 2.02. The van der Waals surface area contributed by atoms with Gasteiger partial charge in [0, 0.05) is 16.5 Å². The largest absolute Gasteiger partial charge is 0.493 e. The standard InChI is InChI=1S/C24H27N3O4/c1-24(2,3)26-22(28)15-27(18-12-16-8-6-7-9-19(16)25-14-18)23(29)17-10-11-20(30-4)21(13-17)31-5/h6-14H,15H2,1-5H3,(H,26,28). The van der Waals surface area contributed by atoms with E-state index in [2.05, 4.69) is 10.3 Å². The molecular formula is C24H27N3O4. The SMILES string of the molecule is COc1ccc(C(=O)N(CC(=O)NC(C)(C)C)c2cnc3ccccc3c2)cc1OC. The van der Waals surface area contributed by atoms with Crippen LogP contribution in [0.4, 0.5) is 5.69 Å². The molecule has 3 rings (SSSR count). The number of aromatic nitrogens is 1. The predicted octanol–water partition coefficient (Wildman–Crippen LogP) is 3.81. The third-order valence-corrected chi connectivity index (χ3v) is 4.58. The molecule has 1 aromatic heterocycles. The molecule has 0 unspecified atom stereocenters. The number of hydrogen-bond donors (Lipinski definition) is 1. The first-order chi connectivity index (χ1) is 14.7. The second-order valence-corrected chi connectivity index (χ2v) is 8.15. The number of carbonyl (C=O) groups is 2. The fourth-order valence-electron chi connectivity index (χ4n) is 3.21.